The first-order valence-corrected chi connectivity index (χ1v) is 33.5. The molecule has 72 heavy (non-hydrogen) atoms. The predicted molar refractivity (Wildman–Crippen MR) is 314 cm³/mol. The zero-order valence-corrected chi connectivity index (χ0v) is 50.1. The van der Waals surface area contributed by atoms with E-state index >= 15 is 0 Å². The van der Waals surface area contributed by atoms with Gasteiger partial charge < -0.3 is 19.8 Å². The lowest BCUT2D eigenvalue weighted by atomic mass is 10.0. The highest BCUT2D eigenvalue weighted by molar-refractivity contribution is 7.47. The molecule has 0 aliphatic rings. The van der Waals surface area contributed by atoms with Crippen molar-refractivity contribution in [3.8, 4) is 0 Å². The standard InChI is InChI=1S/C63H127N2O6P/c1-6-8-10-12-14-16-18-19-20-21-22-23-24-25-26-27-28-29-30-31-32-33-34-35-36-37-38-39-40-41-42-43-44-45-47-49-51-53-55-57-63(67)64-61(60-71-72(68,69)70-59-58-65(3,4)5)62(66)56-54-52-50-48-46-17-15-13-11-9-7-2/h31-32,61-62,66H,6-30,33-60H2,1-5H3,(H-,64,67,68,69)/p+1/b32-31-. The lowest BCUT2D eigenvalue weighted by molar-refractivity contribution is -0.870. The Kier molecular flexibility index (Phi) is 54.4. The van der Waals surface area contributed by atoms with Gasteiger partial charge in [0.25, 0.3) is 0 Å². The first-order chi connectivity index (χ1) is 35.0. The van der Waals surface area contributed by atoms with Gasteiger partial charge in [0, 0.05) is 6.42 Å². The van der Waals surface area contributed by atoms with E-state index in [1.54, 1.807) is 0 Å². The number of rotatable bonds is 60. The number of amides is 1. The fraction of sp³-hybridized carbons (Fsp3) is 0.952. The highest BCUT2D eigenvalue weighted by atomic mass is 31.2. The number of hydrogen-bond donors (Lipinski definition) is 3. The number of likely N-dealkylation sites (N-methyl/N-ethyl adjacent to an activating group) is 1. The molecule has 9 heteroatoms. The minimum Gasteiger partial charge on any atom is -0.391 e. The van der Waals surface area contributed by atoms with Crippen molar-refractivity contribution in [2.45, 2.75) is 347 Å². The SMILES string of the molecule is CCCCCCCCCCCCCCCCCCCC/C=C\CCCCCCCCCCCCCCCCCCCC(=O)NC(COP(=O)(O)OCC[N+](C)(C)C)C(O)CCCCCCCCCCCCC. The van der Waals surface area contributed by atoms with Crippen LogP contribution in [0.2, 0.25) is 0 Å². The largest absolute Gasteiger partial charge is 0.472 e. The van der Waals surface area contributed by atoms with Crippen LogP contribution in [0.5, 0.6) is 0 Å². The number of aliphatic hydroxyl groups is 1. The lowest BCUT2D eigenvalue weighted by Crippen LogP contribution is -2.46. The van der Waals surface area contributed by atoms with Crippen LogP contribution < -0.4 is 5.32 Å². The fourth-order valence-electron chi connectivity index (χ4n) is 9.99. The van der Waals surface area contributed by atoms with E-state index in [4.69, 9.17) is 9.05 Å². The number of quaternary nitrogens is 1. The Morgan fingerprint density at radius 1 is 0.458 bits per heavy atom. The molecule has 3 atom stereocenters. The smallest absolute Gasteiger partial charge is 0.391 e. The summed E-state index contributed by atoms with van der Waals surface area (Å²) >= 11 is 0. The van der Waals surface area contributed by atoms with Gasteiger partial charge in [-0.05, 0) is 38.5 Å². The molecule has 3 N–H and O–H groups in total. The van der Waals surface area contributed by atoms with Crippen LogP contribution in [0.3, 0.4) is 0 Å². The number of carbonyl (C=O) groups excluding carboxylic acids is 1. The third kappa shape index (κ3) is 57.0. The van der Waals surface area contributed by atoms with Crippen LogP contribution in [0.1, 0.15) is 335 Å². The summed E-state index contributed by atoms with van der Waals surface area (Å²) in [5.41, 5.74) is 0. The van der Waals surface area contributed by atoms with E-state index in [1.807, 2.05) is 21.1 Å². The molecule has 8 nitrogen and oxygen atoms in total. The zero-order valence-electron chi connectivity index (χ0n) is 49.2. The Balaban J connectivity index is 3.79. The second-order valence-electron chi connectivity index (χ2n) is 23.5. The van der Waals surface area contributed by atoms with Gasteiger partial charge in [0.15, 0.2) is 0 Å². The summed E-state index contributed by atoms with van der Waals surface area (Å²) in [5.74, 6) is -0.139. The molecule has 0 aromatic rings. The Morgan fingerprint density at radius 2 is 0.750 bits per heavy atom. The summed E-state index contributed by atoms with van der Waals surface area (Å²) in [6.45, 7) is 4.92. The van der Waals surface area contributed by atoms with Crippen molar-refractivity contribution in [1.82, 2.24) is 5.32 Å². The highest BCUT2D eigenvalue weighted by Crippen LogP contribution is 2.43. The second kappa shape index (κ2) is 55.0. The van der Waals surface area contributed by atoms with Crippen LogP contribution in [0.4, 0.5) is 0 Å². The number of phosphoric acid groups is 1. The van der Waals surface area contributed by atoms with Crippen LogP contribution in [0.15, 0.2) is 12.2 Å². The number of phosphoric ester groups is 1. The van der Waals surface area contributed by atoms with Gasteiger partial charge in [-0.25, -0.2) is 4.57 Å². The minimum absolute atomic E-state index is 0.0775. The fourth-order valence-corrected chi connectivity index (χ4v) is 10.7. The molecule has 0 saturated carbocycles. The topological polar surface area (TPSA) is 105 Å². The highest BCUT2D eigenvalue weighted by Gasteiger charge is 2.28. The number of aliphatic hydroxyl groups excluding tert-OH is 1. The Hall–Kier alpha value is -0.760. The van der Waals surface area contributed by atoms with E-state index in [0.717, 1.165) is 38.5 Å². The summed E-state index contributed by atoms with van der Waals surface area (Å²) in [4.78, 5) is 23.3. The molecule has 0 heterocycles. The summed E-state index contributed by atoms with van der Waals surface area (Å²) in [7, 11) is 1.63. The van der Waals surface area contributed by atoms with Crippen molar-refractivity contribution in [2.24, 2.45) is 0 Å². The van der Waals surface area contributed by atoms with Gasteiger partial charge >= 0.3 is 7.82 Å². The van der Waals surface area contributed by atoms with E-state index in [-0.39, 0.29) is 19.1 Å². The maximum atomic E-state index is 13.0. The summed E-state index contributed by atoms with van der Waals surface area (Å²) in [6.07, 6.45) is 69.0. The molecule has 0 radical (unpaired) electrons. The molecule has 1 amide bonds. The molecule has 0 bridgehead atoms. The van der Waals surface area contributed by atoms with Gasteiger partial charge in [0.1, 0.15) is 13.2 Å². The van der Waals surface area contributed by atoms with Crippen LogP contribution in [-0.4, -0.2) is 73.4 Å². The first-order valence-electron chi connectivity index (χ1n) is 32.1. The van der Waals surface area contributed by atoms with E-state index in [9.17, 15) is 19.4 Å². The lowest BCUT2D eigenvalue weighted by Gasteiger charge is -2.26. The molecule has 0 aliphatic carbocycles. The maximum absolute atomic E-state index is 13.0. The summed E-state index contributed by atoms with van der Waals surface area (Å²) in [6, 6.07) is -0.756. The average Bonchev–Trinajstić information content (AvgIpc) is 3.34. The predicted octanol–water partition coefficient (Wildman–Crippen LogP) is 19.8. The van der Waals surface area contributed by atoms with Crippen molar-refractivity contribution in [1.29, 1.82) is 0 Å². The number of allylic oxidation sites excluding steroid dienone is 2. The Morgan fingerprint density at radius 3 is 1.07 bits per heavy atom. The third-order valence-electron chi connectivity index (χ3n) is 15.0. The van der Waals surface area contributed by atoms with E-state index in [1.165, 1.54) is 270 Å². The Labute approximate surface area is 450 Å². The van der Waals surface area contributed by atoms with Crippen LogP contribution in [-0.2, 0) is 18.4 Å². The molecule has 0 saturated heterocycles. The van der Waals surface area contributed by atoms with Crippen molar-refractivity contribution < 1.29 is 32.9 Å². The second-order valence-corrected chi connectivity index (χ2v) is 25.0. The van der Waals surface area contributed by atoms with Crippen molar-refractivity contribution in [2.75, 3.05) is 40.9 Å². The van der Waals surface area contributed by atoms with E-state index in [2.05, 4.69) is 31.3 Å². The first kappa shape index (κ1) is 71.2. The molecular weight excluding hydrogens is 912 g/mol. The van der Waals surface area contributed by atoms with Gasteiger partial charge in [-0.1, -0.05) is 302 Å². The van der Waals surface area contributed by atoms with Crippen molar-refractivity contribution in [3.63, 3.8) is 0 Å². The van der Waals surface area contributed by atoms with Gasteiger partial charge in [0.05, 0.1) is 39.9 Å². The van der Waals surface area contributed by atoms with Gasteiger partial charge in [-0.2, -0.15) is 0 Å². The van der Waals surface area contributed by atoms with Crippen LogP contribution in [0, 0.1) is 0 Å². The maximum Gasteiger partial charge on any atom is 0.472 e. The normalized spacial score (nSPS) is 13.8. The number of nitrogens with zero attached hydrogens (tertiary/aromatic N) is 1. The van der Waals surface area contributed by atoms with Gasteiger partial charge in [0.2, 0.25) is 5.91 Å². The van der Waals surface area contributed by atoms with Gasteiger partial charge in [-0.3, -0.25) is 13.8 Å². The molecule has 0 spiro atoms. The van der Waals surface area contributed by atoms with Crippen molar-refractivity contribution in [3.05, 3.63) is 12.2 Å². The minimum atomic E-state index is -4.31. The molecule has 0 fully saturated rings. The number of unbranched alkanes of at least 4 members (excludes halogenated alkanes) is 45. The van der Waals surface area contributed by atoms with E-state index in [0.29, 0.717) is 23.9 Å². The average molecular weight is 1040 g/mol. The third-order valence-corrected chi connectivity index (χ3v) is 16.0. The summed E-state index contributed by atoms with van der Waals surface area (Å²) < 4.78 is 23.7. The van der Waals surface area contributed by atoms with Crippen molar-refractivity contribution >= 4 is 13.7 Å². The van der Waals surface area contributed by atoms with E-state index < -0.39 is 20.0 Å². The zero-order chi connectivity index (χ0) is 52.7. The van der Waals surface area contributed by atoms with Crippen LogP contribution >= 0.6 is 7.82 Å². The Bertz CT molecular complexity index is 1180. The molecule has 430 valence electrons. The molecule has 0 rings (SSSR count). The number of hydrogen-bond acceptors (Lipinski definition) is 5. The molecule has 0 aliphatic heterocycles. The number of nitrogens with one attached hydrogen (secondary N) is 1. The molecule has 0 aromatic carbocycles. The number of carbonyl (C=O) groups is 1. The van der Waals surface area contributed by atoms with Gasteiger partial charge in [-0.15, -0.1) is 0 Å². The quantitative estimate of drug-likeness (QED) is 0.0243. The molecular formula is C63H128N2O6P+. The molecule has 0 aromatic heterocycles. The monoisotopic (exact) mass is 1040 g/mol. The molecule has 3 unspecified atom stereocenters. The summed E-state index contributed by atoms with van der Waals surface area (Å²) in [5, 5.41) is 14.0. The van der Waals surface area contributed by atoms with Crippen LogP contribution in [0.25, 0.3) is 0 Å².